The Morgan fingerprint density at radius 3 is 2.76 bits per heavy atom. The van der Waals surface area contributed by atoms with Crippen molar-refractivity contribution in [2.45, 2.75) is 32.7 Å². The van der Waals surface area contributed by atoms with Crippen molar-refractivity contribution >= 4 is 28.3 Å². The number of hydrogen-bond donors (Lipinski definition) is 1. The van der Waals surface area contributed by atoms with E-state index in [0.29, 0.717) is 5.13 Å². The van der Waals surface area contributed by atoms with Gasteiger partial charge in [0, 0.05) is 15.9 Å². The van der Waals surface area contributed by atoms with Crippen molar-refractivity contribution in [3.63, 3.8) is 0 Å². The molecule has 2 aromatic heterocycles. The van der Waals surface area contributed by atoms with E-state index in [0.717, 1.165) is 16.7 Å². The van der Waals surface area contributed by atoms with Gasteiger partial charge in [-0.05, 0) is 4.92 Å². The minimum absolute atomic E-state index is 0.0913. The van der Waals surface area contributed by atoms with Crippen LogP contribution < -0.4 is 5.32 Å². The summed E-state index contributed by atoms with van der Waals surface area (Å²) in [6.07, 6.45) is 1.14. The molecule has 21 heavy (non-hydrogen) atoms. The van der Waals surface area contributed by atoms with Crippen LogP contribution in [0, 0.1) is 10.1 Å². The Balaban J connectivity index is 1.98. The van der Waals surface area contributed by atoms with Gasteiger partial charge in [-0.1, -0.05) is 25.8 Å². The first-order valence-corrected chi connectivity index (χ1v) is 6.93. The Morgan fingerprint density at radius 2 is 2.24 bits per heavy atom. The summed E-state index contributed by atoms with van der Waals surface area (Å²) >= 11 is 1.33. The lowest BCUT2D eigenvalue weighted by Gasteiger charge is -2.14. The van der Waals surface area contributed by atoms with E-state index in [1.165, 1.54) is 11.3 Å². The van der Waals surface area contributed by atoms with Crippen LogP contribution in [0.15, 0.2) is 11.7 Å². The van der Waals surface area contributed by atoms with E-state index >= 15 is 0 Å². The number of rotatable bonds is 4. The first kappa shape index (κ1) is 15.0. The number of nitrogens with zero attached hydrogens (tertiary/aromatic N) is 5. The number of nitrogens with one attached hydrogen (secondary N) is 1. The number of thiazole rings is 1. The lowest BCUT2D eigenvalue weighted by Crippen LogP contribution is -2.19. The van der Waals surface area contributed by atoms with Crippen molar-refractivity contribution in [2.24, 2.45) is 0 Å². The van der Waals surface area contributed by atoms with Crippen LogP contribution in [0.4, 0.5) is 11.1 Å². The molecule has 0 spiro atoms. The van der Waals surface area contributed by atoms with Crippen LogP contribution in [0.2, 0.25) is 0 Å². The van der Waals surface area contributed by atoms with Crippen molar-refractivity contribution in [3.05, 3.63) is 27.5 Å². The second-order valence-corrected chi connectivity index (χ2v) is 6.19. The average Bonchev–Trinajstić information content (AvgIpc) is 2.97. The highest BCUT2D eigenvalue weighted by atomic mass is 32.1. The van der Waals surface area contributed by atoms with Crippen molar-refractivity contribution < 1.29 is 9.72 Å². The Hall–Kier alpha value is -2.36. The maximum absolute atomic E-state index is 11.8. The fourth-order valence-corrected chi connectivity index (χ4v) is 2.38. The predicted octanol–water partition coefficient (Wildman–Crippen LogP) is 1.58. The number of anilines is 1. The Kier molecular flexibility index (Phi) is 3.98. The van der Waals surface area contributed by atoms with E-state index in [1.807, 2.05) is 26.2 Å². The molecule has 0 atom stereocenters. The highest BCUT2D eigenvalue weighted by molar-refractivity contribution is 7.13. The van der Waals surface area contributed by atoms with Gasteiger partial charge in [-0.25, -0.2) is 4.98 Å². The van der Waals surface area contributed by atoms with Gasteiger partial charge in [-0.15, -0.1) is 11.3 Å². The molecule has 0 radical (unpaired) electrons. The second-order valence-electron chi connectivity index (χ2n) is 5.34. The lowest BCUT2D eigenvalue weighted by molar-refractivity contribution is -0.394. The topological polar surface area (TPSA) is 116 Å². The first-order valence-electron chi connectivity index (χ1n) is 6.05. The third-order valence-electron chi connectivity index (χ3n) is 2.51. The van der Waals surface area contributed by atoms with Gasteiger partial charge in [-0.2, -0.15) is 4.68 Å². The summed E-state index contributed by atoms with van der Waals surface area (Å²) in [4.78, 5) is 29.3. The molecule has 0 aliphatic rings. The molecular formula is C11H14N6O3S. The molecule has 0 bridgehead atoms. The van der Waals surface area contributed by atoms with Gasteiger partial charge in [0.2, 0.25) is 12.2 Å². The minimum atomic E-state index is -0.717. The standard InChI is InChI=1S/C11H14N6O3S/c1-11(2,3)7-5-21-10(13-7)14-8(18)4-16-6-12-9(15-16)17(19)20/h5-6H,4H2,1-3H3,(H,13,14,18). The molecule has 2 heterocycles. The SMILES string of the molecule is CC(C)(C)c1csc(NC(=O)Cn2cnc([N+](=O)[O-])n2)n1. The highest BCUT2D eigenvalue weighted by Crippen LogP contribution is 2.26. The molecule has 0 fully saturated rings. The van der Waals surface area contributed by atoms with Crippen LogP contribution >= 0.6 is 11.3 Å². The fourth-order valence-electron chi connectivity index (χ4n) is 1.43. The van der Waals surface area contributed by atoms with Gasteiger partial charge in [0.1, 0.15) is 6.54 Å². The van der Waals surface area contributed by atoms with Crippen molar-refractivity contribution in [3.8, 4) is 0 Å². The molecular weight excluding hydrogens is 296 g/mol. The summed E-state index contributed by atoms with van der Waals surface area (Å²) in [5.74, 6) is -0.906. The molecule has 0 aliphatic heterocycles. The van der Waals surface area contributed by atoms with Crippen molar-refractivity contribution in [1.29, 1.82) is 0 Å². The van der Waals surface area contributed by atoms with Crippen LogP contribution in [0.25, 0.3) is 0 Å². The molecule has 0 aliphatic carbocycles. The quantitative estimate of drug-likeness (QED) is 0.677. The summed E-state index contributed by atoms with van der Waals surface area (Å²) in [6, 6.07) is 0. The van der Waals surface area contributed by atoms with Crippen LogP contribution in [-0.4, -0.2) is 30.6 Å². The number of aromatic nitrogens is 4. The Labute approximate surface area is 124 Å². The molecule has 0 unspecified atom stereocenters. The molecule has 1 amide bonds. The maximum atomic E-state index is 11.8. The zero-order valence-electron chi connectivity index (χ0n) is 11.7. The zero-order valence-corrected chi connectivity index (χ0v) is 12.5. The molecule has 0 saturated carbocycles. The van der Waals surface area contributed by atoms with E-state index in [1.54, 1.807) is 0 Å². The van der Waals surface area contributed by atoms with Crippen LogP contribution in [0.5, 0.6) is 0 Å². The number of hydrogen-bond acceptors (Lipinski definition) is 7. The summed E-state index contributed by atoms with van der Waals surface area (Å²) in [6.45, 7) is 5.93. The van der Waals surface area contributed by atoms with Crippen molar-refractivity contribution in [2.75, 3.05) is 5.32 Å². The Bertz CT molecular complexity index is 672. The zero-order chi connectivity index (χ0) is 15.6. The van der Waals surface area contributed by atoms with Gasteiger partial charge in [0.05, 0.1) is 5.69 Å². The number of amides is 1. The van der Waals surface area contributed by atoms with Gasteiger partial charge in [0.25, 0.3) is 0 Å². The minimum Gasteiger partial charge on any atom is -0.390 e. The van der Waals surface area contributed by atoms with E-state index < -0.39 is 10.9 Å². The normalized spacial score (nSPS) is 11.4. The molecule has 10 heteroatoms. The second kappa shape index (κ2) is 5.56. The van der Waals surface area contributed by atoms with Gasteiger partial charge >= 0.3 is 5.95 Å². The summed E-state index contributed by atoms with van der Waals surface area (Å²) in [5, 5.41) is 19.0. The van der Waals surface area contributed by atoms with Crippen LogP contribution in [0.3, 0.4) is 0 Å². The summed E-state index contributed by atoms with van der Waals surface area (Å²) in [5.41, 5.74) is 0.797. The molecule has 0 aromatic carbocycles. The molecule has 9 nitrogen and oxygen atoms in total. The lowest BCUT2D eigenvalue weighted by atomic mass is 9.93. The molecule has 112 valence electrons. The number of carbonyl (C=O) groups excluding carboxylic acids is 1. The smallest absolute Gasteiger partial charge is 0.390 e. The summed E-state index contributed by atoms with van der Waals surface area (Å²) < 4.78 is 1.10. The Morgan fingerprint density at radius 1 is 1.52 bits per heavy atom. The van der Waals surface area contributed by atoms with Crippen LogP contribution in [0.1, 0.15) is 26.5 Å². The molecule has 1 N–H and O–H groups in total. The van der Waals surface area contributed by atoms with E-state index in [-0.39, 0.29) is 17.9 Å². The molecule has 0 saturated heterocycles. The number of carbonyl (C=O) groups is 1. The monoisotopic (exact) mass is 310 g/mol. The van der Waals surface area contributed by atoms with E-state index in [4.69, 9.17) is 0 Å². The van der Waals surface area contributed by atoms with Gasteiger partial charge in [0.15, 0.2) is 5.13 Å². The first-order chi connectivity index (χ1) is 9.75. The van der Waals surface area contributed by atoms with Crippen molar-refractivity contribution in [1.82, 2.24) is 19.7 Å². The molecule has 2 rings (SSSR count). The predicted molar refractivity (Wildman–Crippen MR) is 76.1 cm³/mol. The largest absolute Gasteiger partial charge is 0.490 e. The van der Waals surface area contributed by atoms with Gasteiger partial charge < -0.3 is 15.4 Å². The summed E-state index contributed by atoms with van der Waals surface area (Å²) in [7, 11) is 0. The number of nitro groups is 1. The highest BCUT2D eigenvalue weighted by Gasteiger charge is 2.19. The molecule has 2 aromatic rings. The fraction of sp³-hybridized carbons (Fsp3) is 0.455. The van der Waals surface area contributed by atoms with E-state index in [2.05, 4.69) is 20.4 Å². The maximum Gasteiger partial charge on any atom is 0.490 e. The van der Waals surface area contributed by atoms with Gasteiger partial charge in [-0.3, -0.25) is 4.79 Å². The van der Waals surface area contributed by atoms with Crippen LogP contribution in [-0.2, 0) is 16.8 Å². The third-order valence-corrected chi connectivity index (χ3v) is 3.27. The van der Waals surface area contributed by atoms with E-state index in [9.17, 15) is 14.9 Å². The third kappa shape index (κ3) is 3.81. The average molecular weight is 310 g/mol.